The van der Waals surface area contributed by atoms with E-state index in [1.54, 1.807) is 0 Å². The molecule has 2 aliphatic carbocycles. The second-order valence-electron chi connectivity index (χ2n) is 5.19. The summed E-state index contributed by atoms with van der Waals surface area (Å²) < 4.78 is 0. The SMILES string of the molecule is [B](C1C=CC=C1)C1c2ccccc2-c2ccccc21. The van der Waals surface area contributed by atoms with Crippen molar-refractivity contribution in [3.8, 4) is 11.1 Å². The van der Waals surface area contributed by atoms with Gasteiger partial charge in [-0.2, -0.15) is 0 Å². The number of hydrogen-bond donors (Lipinski definition) is 0. The van der Waals surface area contributed by atoms with Crippen molar-refractivity contribution in [2.45, 2.75) is 11.6 Å². The van der Waals surface area contributed by atoms with Gasteiger partial charge >= 0.3 is 0 Å². The number of rotatable bonds is 2. The lowest BCUT2D eigenvalue weighted by Gasteiger charge is -2.14. The molecule has 4 rings (SSSR count). The van der Waals surface area contributed by atoms with Gasteiger partial charge in [0.25, 0.3) is 0 Å². The van der Waals surface area contributed by atoms with Gasteiger partial charge in [0.2, 0.25) is 0 Å². The zero-order chi connectivity index (χ0) is 12.7. The highest BCUT2D eigenvalue weighted by molar-refractivity contribution is 6.43. The summed E-state index contributed by atoms with van der Waals surface area (Å²) in [5.74, 6) is 0.883. The van der Waals surface area contributed by atoms with Crippen molar-refractivity contribution < 1.29 is 0 Å². The summed E-state index contributed by atoms with van der Waals surface area (Å²) in [6, 6.07) is 17.6. The van der Waals surface area contributed by atoms with Crippen molar-refractivity contribution in [1.29, 1.82) is 0 Å². The van der Waals surface area contributed by atoms with Gasteiger partial charge in [-0.1, -0.05) is 72.8 Å². The first-order valence-corrected chi connectivity index (χ1v) is 6.82. The molecule has 0 bridgehead atoms. The first-order chi connectivity index (χ1) is 9.43. The lowest BCUT2D eigenvalue weighted by molar-refractivity contribution is 1.14. The van der Waals surface area contributed by atoms with Crippen molar-refractivity contribution in [1.82, 2.24) is 0 Å². The molecule has 0 N–H and O–H groups in total. The Morgan fingerprint density at radius 1 is 0.684 bits per heavy atom. The van der Waals surface area contributed by atoms with Gasteiger partial charge in [0.1, 0.15) is 7.28 Å². The maximum atomic E-state index is 2.45. The third-order valence-electron chi connectivity index (χ3n) is 4.07. The Labute approximate surface area is 114 Å². The standard InChI is InChI=1S/C18H14B/c1-2-8-13(7-1)19-18-16-11-5-3-9-14(16)15-10-4-6-12-17(15)18/h1-13,18H. The quantitative estimate of drug-likeness (QED) is 0.684. The second-order valence-corrected chi connectivity index (χ2v) is 5.19. The van der Waals surface area contributed by atoms with Crippen LogP contribution in [-0.4, -0.2) is 7.28 Å². The molecule has 89 valence electrons. The molecule has 1 heteroatoms. The summed E-state index contributed by atoms with van der Waals surface area (Å²) in [6.07, 6.45) is 8.77. The summed E-state index contributed by atoms with van der Waals surface area (Å²) in [5.41, 5.74) is 5.67. The van der Waals surface area contributed by atoms with E-state index in [9.17, 15) is 0 Å². The van der Waals surface area contributed by atoms with Crippen LogP contribution in [0.1, 0.15) is 16.9 Å². The highest BCUT2D eigenvalue weighted by atomic mass is 14.3. The van der Waals surface area contributed by atoms with Crippen LogP contribution in [-0.2, 0) is 0 Å². The maximum Gasteiger partial charge on any atom is 0.140 e. The third kappa shape index (κ3) is 1.69. The predicted molar refractivity (Wildman–Crippen MR) is 81.5 cm³/mol. The van der Waals surface area contributed by atoms with Gasteiger partial charge in [-0.3, -0.25) is 0 Å². The maximum absolute atomic E-state index is 2.45. The average molecular weight is 241 g/mol. The van der Waals surface area contributed by atoms with Crippen LogP contribution in [0, 0.1) is 0 Å². The van der Waals surface area contributed by atoms with E-state index in [1.165, 1.54) is 22.3 Å². The monoisotopic (exact) mass is 241 g/mol. The Morgan fingerprint density at radius 2 is 1.21 bits per heavy atom. The molecule has 0 fully saturated rings. The highest BCUT2D eigenvalue weighted by Gasteiger charge is 2.29. The summed E-state index contributed by atoms with van der Waals surface area (Å²) in [7, 11) is 2.45. The van der Waals surface area contributed by atoms with E-state index in [0.29, 0.717) is 11.6 Å². The molecule has 0 saturated carbocycles. The van der Waals surface area contributed by atoms with E-state index in [-0.39, 0.29) is 0 Å². The fraction of sp³-hybridized carbons (Fsp3) is 0.111. The zero-order valence-electron chi connectivity index (χ0n) is 10.7. The molecule has 2 aliphatic rings. The summed E-state index contributed by atoms with van der Waals surface area (Å²) in [5, 5.41) is 0. The van der Waals surface area contributed by atoms with Crippen LogP contribution in [0.2, 0.25) is 5.82 Å². The minimum atomic E-state index is 0.421. The molecule has 2 aromatic rings. The van der Waals surface area contributed by atoms with E-state index in [1.807, 2.05) is 0 Å². The summed E-state index contributed by atoms with van der Waals surface area (Å²) in [4.78, 5) is 0. The summed E-state index contributed by atoms with van der Waals surface area (Å²) >= 11 is 0. The van der Waals surface area contributed by atoms with E-state index in [4.69, 9.17) is 0 Å². The number of allylic oxidation sites excluding steroid dienone is 4. The second kappa shape index (κ2) is 4.27. The molecule has 0 spiro atoms. The Morgan fingerprint density at radius 3 is 1.79 bits per heavy atom. The fourth-order valence-electron chi connectivity index (χ4n) is 3.20. The van der Waals surface area contributed by atoms with E-state index >= 15 is 0 Å². The highest BCUT2D eigenvalue weighted by Crippen LogP contribution is 2.45. The molecule has 0 heterocycles. The van der Waals surface area contributed by atoms with Crippen LogP contribution in [0.5, 0.6) is 0 Å². The molecule has 0 aromatic heterocycles. The van der Waals surface area contributed by atoms with Crippen molar-refractivity contribution in [2.75, 3.05) is 0 Å². The van der Waals surface area contributed by atoms with E-state index < -0.39 is 0 Å². The molecule has 0 amide bonds. The Bertz CT molecular complexity index is 624. The minimum absolute atomic E-state index is 0.421. The molecule has 0 atom stereocenters. The largest absolute Gasteiger partial charge is 0.140 e. The van der Waals surface area contributed by atoms with Crippen LogP contribution < -0.4 is 0 Å². The third-order valence-corrected chi connectivity index (χ3v) is 4.07. The van der Waals surface area contributed by atoms with Gasteiger partial charge < -0.3 is 0 Å². The van der Waals surface area contributed by atoms with Gasteiger partial charge in [-0.25, -0.2) is 0 Å². The molecular formula is C18H14B. The van der Waals surface area contributed by atoms with E-state index in [2.05, 4.69) is 80.1 Å². The van der Waals surface area contributed by atoms with Crippen LogP contribution in [0.25, 0.3) is 11.1 Å². The number of hydrogen-bond acceptors (Lipinski definition) is 0. The molecule has 0 nitrogen and oxygen atoms in total. The summed E-state index contributed by atoms with van der Waals surface area (Å²) in [6.45, 7) is 0. The average Bonchev–Trinajstić information content (AvgIpc) is 3.08. The molecule has 1 radical (unpaired) electrons. The van der Waals surface area contributed by atoms with Gasteiger partial charge in [0, 0.05) is 0 Å². The lowest BCUT2D eigenvalue weighted by Crippen LogP contribution is -2.10. The minimum Gasteiger partial charge on any atom is -0.0856 e. The number of fused-ring (bicyclic) bond motifs is 3. The molecule has 2 aromatic carbocycles. The Hall–Kier alpha value is -2.02. The van der Waals surface area contributed by atoms with Crippen LogP contribution in [0.3, 0.4) is 0 Å². The first-order valence-electron chi connectivity index (χ1n) is 6.82. The van der Waals surface area contributed by atoms with Crippen molar-refractivity contribution in [3.05, 3.63) is 84.0 Å². The molecule has 0 saturated heterocycles. The van der Waals surface area contributed by atoms with Gasteiger partial charge in [-0.15, -0.1) is 0 Å². The molecule has 0 unspecified atom stereocenters. The van der Waals surface area contributed by atoms with Gasteiger partial charge in [0.15, 0.2) is 0 Å². The normalized spacial score (nSPS) is 16.6. The Kier molecular flexibility index (Phi) is 2.44. The Balaban J connectivity index is 1.81. The van der Waals surface area contributed by atoms with Gasteiger partial charge in [-0.05, 0) is 33.9 Å². The number of benzene rings is 2. The van der Waals surface area contributed by atoms with Crippen molar-refractivity contribution in [2.24, 2.45) is 0 Å². The fourth-order valence-corrected chi connectivity index (χ4v) is 3.20. The van der Waals surface area contributed by atoms with Crippen LogP contribution in [0.15, 0.2) is 72.8 Å². The predicted octanol–water partition coefficient (Wildman–Crippen LogP) is 4.38. The van der Waals surface area contributed by atoms with Crippen molar-refractivity contribution in [3.63, 3.8) is 0 Å². The molecule has 0 aliphatic heterocycles. The van der Waals surface area contributed by atoms with E-state index in [0.717, 1.165) is 0 Å². The first kappa shape index (κ1) is 10.9. The van der Waals surface area contributed by atoms with Crippen LogP contribution >= 0.6 is 0 Å². The zero-order valence-corrected chi connectivity index (χ0v) is 10.7. The lowest BCUT2D eigenvalue weighted by atomic mass is 9.52. The molecule has 19 heavy (non-hydrogen) atoms. The van der Waals surface area contributed by atoms with Gasteiger partial charge in [0.05, 0.1) is 0 Å². The van der Waals surface area contributed by atoms with Crippen molar-refractivity contribution >= 4 is 7.28 Å². The van der Waals surface area contributed by atoms with Crippen LogP contribution in [0.4, 0.5) is 0 Å². The topological polar surface area (TPSA) is 0 Å². The smallest absolute Gasteiger partial charge is 0.0856 e. The molecular weight excluding hydrogens is 227 g/mol.